The smallest absolute Gasteiger partial charge is 0.146 e. The molecule has 0 aromatic carbocycles. The molecular weight excluding hydrogens is 937 g/mol. The van der Waals surface area contributed by atoms with Crippen molar-refractivity contribution in [1.29, 1.82) is 0 Å². The van der Waals surface area contributed by atoms with Crippen LogP contribution >= 0.6 is 22.7 Å². The quantitative estimate of drug-likeness (QED) is 0.207. The average Bonchev–Trinajstić information content (AvgIpc) is 3.93. The molecule has 2 aromatic rings. The topological polar surface area (TPSA) is 200 Å². The van der Waals surface area contributed by atoms with Crippen molar-refractivity contribution < 1.29 is 49.1 Å². The lowest BCUT2D eigenvalue weighted by molar-refractivity contribution is -0.144. The van der Waals surface area contributed by atoms with E-state index in [0.29, 0.717) is 0 Å². The number of thiazole rings is 2. The zero-order valence-electron chi connectivity index (χ0n) is 45.0. The summed E-state index contributed by atoms with van der Waals surface area (Å²) < 4.78 is 12.3. The van der Waals surface area contributed by atoms with Crippen molar-refractivity contribution in [3.63, 3.8) is 0 Å². The van der Waals surface area contributed by atoms with Gasteiger partial charge in [0.05, 0.1) is 75.1 Å². The molecule has 14 heteroatoms. The normalized spacial score (nSPS) is 37.3. The Bertz CT molecular complexity index is 2260. The SMILES string of the molecule is C/C(=C\c1csc(C)n1)[C@H]1CC(=O)CC(O)C(C)(C)C(=O)C(C)[C@@H](O)C(C)CCC[C@@]2(C)O[C@H]2C1.C=Cc1nc(/C=C(\C)[C@H]2CC(=O)CC(O)C(C)(C)C(=O)C(C)[C@@H](O)C(C)CCC[C@@]3(C)O[C@H]3C2)cs1. The third-order valence-electron chi connectivity index (χ3n) is 16.9. The van der Waals surface area contributed by atoms with Gasteiger partial charge in [-0.2, -0.15) is 0 Å². The lowest BCUT2D eigenvalue weighted by Crippen LogP contribution is -2.45. The largest absolute Gasteiger partial charge is 0.392 e. The number of hydrogen-bond acceptors (Lipinski definition) is 14. The van der Waals surface area contributed by atoms with E-state index in [4.69, 9.17) is 9.47 Å². The Balaban J connectivity index is 0.000000264. The molecule has 4 aliphatic rings. The molecule has 4 N–H and O–H groups in total. The Morgan fingerprint density at radius 1 is 0.648 bits per heavy atom. The first-order chi connectivity index (χ1) is 33.0. The van der Waals surface area contributed by atoms with Crippen LogP contribution in [0, 0.1) is 53.3 Å². The van der Waals surface area contributed by atoms with Crippen LogP contribution in [0.1, 0.15) is 182 Å². The molecule has 14 atom stereocenters. The Kier molecular flexibility index (Phi) is 19.9. The molecule has 4 fully saturated rings. The van der Waals surface area contributed by atoms with Crippen LogP contribution in [0.3, 0.4) is 0 Å². The number of allylic oxidation sites excluding steroid dienone is 2. The van der Waals surface area contributed by atoms with Gasteiger partial charge in [0.15, 0.2) is 0 Å². The molecule has 12 nitrogen and oxygen atoms in total. The fraction of sp³-hybridized carbons (Fsp3) is 0.719. The second-order valence-corrected chi connectivity index (χ2v) is 25.4. The van der Waals surface area contributed by atoms with E-state index in [9.17, 15) is 39.6 Å². The number of aliphatic hydroxyl groups is 4. The van der Waals surface area contributed by atoms with Gasteiger partial charge in [-0.05, 0) is 115 Å². The summed E-state index contributed by atoms with van der Waals surface area (Å²) in [5.74, 6) is -1.95. The number of ketones is 4. The summed E-state index contributed by atoms with van der Waals surface area (Å²) in [6.07, 6.45) is 9.13. The van der Waals surface area contributed by atoms with Gasteiger partial charge in [0.1, 0.15) is 28.1 Å². The molecule has 0 radical (unpaired) electrons. The zero-order chi connectivity index (χ0) is 53.0. The first-order valence-electron chi connectivity index (χ1n) is 26.1. The highest BCUT2D eigenvalue weighted by Gasteiger charge is 2.54. The molecule has 4 heterocycles. The second kappa shape index (κ2) is 24.1. The number of carbonyl (C=O) groups excluding carboxylic acids is 4. The van der Waals surface area contributed by atoms with Crippen molar-refractivity contribution in [2.75, 3.05) is 0 Å². The number of fused-ring (bicyclic) bond motifs is 2. The molecule has 2 aromatic heterocycles. The van der Waals surface area contributed by atoms with Crippen LogP contribution in [-0.2, 0) is 28.7 Å². The van der Waals surface area contributed by atoms with Gasteiger partial charge in [-0.3, -0.25) is 19.2 Å². The number of aliphatic hydroxyl groups excluding tert-OH is 4. The van der Waals surface area contributed by atoms with Gasteiger partial charge in [-0.15, -0.1) is 22.7 Å². The fourth-order valence-electron chi connectivity index (χ4n) is 11.0. The maximum atomic E-state index is 13.3. The Morgan fingerprint density at radius 2 is 1.04 bits per heavy atom. The summed E-state index contributed by atoms with van der Waals surface area (Å²) in [6, 6.07) is 0. The predicted octanol–water partition coefficient (Wildman–Crippen LogP) is 10.6. The number of nitrogens with zero attached hydrogens (tertiary/aromatic N) is 2. The van der Waals surface area contributed by atoms with E-state index in [1.165, 1.54) is 11.3 Å². The number of hydrogen-bond donors (Lipinski definition) is 4. The Labute approximate surface area is 432 Å². The Morgan fingerprint density at radius 3 is 1.41 bits per heavy atom. The van der Waals surface area contributed by atoms with Gasteiger partial charge >= 0.3 is 0 Å². The highest BCUT2D eigenvalue weighted by molar-refractivity contribution is 7.10. The lowest BCUT2D eigenvalue weighted by Gasteiger charge is -2.34. The van der Waals surface area contributed by atoms with E-state index in [2.05, 4.69) is 30.4 Å². The standard InChI is InChI=1S/C29H43NO5S.C28H43NO5S/c1-8-25-30-21(16-36-25)12-18(3)20-13-22(31)15-23(32)28(5,6)27(34)19(4)26(33)17(2)10-9-11-29(7)24(14-20)35-29;1-16-9-8-10-28(7)24(34-28)13-20(17(2)11-21-15-35-19(4)29-21)12-22(30)14-23(31)27(5,6)26(33)18(3)25(16)32/h8,12,16-17,19-20,23-24,26,32-33H,1,9-11,13-15H2,2-7H3;11,15-16,18,20,23-25,31-32H,8-10,12-14H2,1-7H3/b18-12+;17-11+/t17?,19?,20-,23?,24-,26-,29+;16?,18?,20-,23?,24-,25-,28+/m00/s1. The molecule has 396 valence electrons. The zero-order valence-corrected chi connectivity index (χ0v) is 46.6. The highest BCUT2D eigenvalue weighted by Crippen LogP contribution is 2.48. The summed E-state index contributed by atoms with van der Waals surface area (Å²) in [7, 11) is 0. The van der Waals surface area contributed by atoms with Gasteiger partial charge < -0.3 is 29.9 Å². The fourth-order valence-corrected chi connectivity index (χ4v) is 12.1. The van der Waals surface area contributed by atoms with Crippen LogP contribution in [0.15, 0.2) is 28.5 Å². The summed E-state index contributed by atoms with van der Waals surface area (Å²) in [6.45, 7) is 28.2. The molecule has 2 saturated carbocycles. The maximum Gasteiger partial charge on any atom is 0.146 e. The minimum absolute atomic E-state index is 0.0186. The molecule has 6 unspecified atom stereocenters. The third-order valence-corrected chi connectivity index (χ3v) is 18.5. The summed E-state index contributed by atoms with van der Waals surface area (Å²) >= 11 is 3.12. The monoisotopic (exact) mass is 1020 g/mol. The summed E-state index contributed by atoms with van der Waals surface area (Å²) in [5.41, 5.74) is 1.18. The molecular formula is C57H86N2O10S2. The van der Waals surface area contributed by atoms with Gasteiger partial charge in [-0.25, -0.2) is 9.97 Å². The first kappa shape index (κ1) is 58.8. The molecule has 2 aliphatic heterocycles. The van der Waals surface area contributed by atoms with E-state index < -0.39 is 47.1 Å². The summed E-state index contributed by atoms with van der Waals surface area (Å²) in [4.78, 5) is 61.9. The average molecular weight is 1020 g/mol. The Hall–Kier alpha value is -3.08. The number of Topliss-reactive ketones (excluding diaryl/α,β-unsaturated/α-hetero) is 4. The van der Waals surface area contributed by atoms with Crippen molar-refractivity contribution in [3.8, 4) is 0 Å². The van der Waals surface area contributed by atoms with Crippen molar-refractivity contribution in [2.24, 2.45) is 46.3 Å². The summed E-state index contributed by atoms with van der Waals surface area (Å²) in [5, 5.41) is 49.5. The van der Waals surface area contributed by atoms with Gasteiger partial charge in [0.25, 0.3) is 0 Å². The van der Waals surface area contributed by atoms with E-state index >= 15 is 0 Å². The first-order valence-corrected chi connectivity index (χ1v) is 27.8. The van der Waals surface area contributed by atoms with Crippen LogP contribution in [0.2, 0.25) is 0 Å². The van der Waals surface area contributed by atoms with Crippen LogP contribution in [0.4, 0.5) is 0 Å². The number of ether oxygens (including phenoxy) is 2. The van der Waals surface area contributed by atoms with Gasteiger partial charge in [0, 0.05) is 48.3 Å². The number of aromatic nitrogens is 2. The predicted molar refractivity (Wildman–Crippen MR) is 284 cm³/mol. The van der Waals surface area contributed by atoms with E-state index in [1.807, 2.05) is 57.5 Å². The molecule has 2 aliphatic carbocycles. The van der Waals surface area contributed by atoms with Crippen LogP contribution in [0.5, 0.6) is 0 Å². The second-order valence-electron chi connectivity index (χ2n) is 23.5. The molecule has 71 heavy (non-hydrogen) atoms. The van der Waals surface area contributed by atoms with Gasteiger partial charge in [-0.1, -0.05) is 86.0 Å². The molecule has 0 spiro atoms. The molecule has 6 rings (SSSR count). The minimum Gasteiger partial charge on any atom is -0.392 e. The minimum atomic E-state index is -1.13. The van der Waals surface area contributed by atoms with E-state index in [1.54, 1.807) is 59.0 Å². The number of aryl methyl sites for hydroxylation is 1. The van der Waals surface area contributed by atoms with Crippen LogP contribution < -0.4 is 0 Å². The number of carbonyl (C=O) groups is 4. The van der Waals surface area contributed by atoms with Gasteiger partial charge in [0.2, 0.25) is 0 Å². The lowest BCUT2D eigenvalue weighted by atomic mass is 9.72. The van der Waals surface area contributed by atoms with E-state index in [-0.39, 0.29) is 95.9 Å². The molecule has 0 bridgehead atoms. The van der Waals surface area contributed by atoms with Crippen LogP contribution in [0.25, 0.3) is 18.2 Å². The van der Waals surface area contributed by atoms with Crippen molar-refractivity contribution >= 4 is 64.0 Å². The molecule has 2 saturated heterocycles. The van der Waals surface area contributed by atoms with E-state index in [0.717, 1.165) is 83.9 Å². The number of epoxide rings is 2. The number of rotatable bonds is 5. The van der Waals surface area contributed by atoms with Crippen molar-refractivity contribution in [3.05, 3.63) is 49.9 Å². The van der Waals surface area contributed by atoms with Crippen molar-refractivity contribution in [1.82, 2.24) is 9.97 Å². The van der Waals surface area contributed by atoms with Crippen molar-refractivity contribution in [2.45, 2.75) is 215 Å². The maximum absolute atomic E-state index is 13.3. The molecule has 0 amide bonds. The van der Waals surface area contributed by atoms with Crippen LogP contribution in [-0.4, -0.2) is 101 Å². The highest BCUT2D eigenvalue weighted by atomic mass is 32.1. The third kappa shape index (κ3) is 15.0.